The summed E-state index contributed by atoms with van der Waals surface area (Å²) in [6.07, 6.45) is 5.31. The van der Waals surface area contributed by atoms with Gasteiger partial charge in [-0.25, -0.2) is 0 Å². The maximum atomic E-state index is 5.64. The van der Waals surface area contributed by atoms with Crippen LogP contribution in [0.15, 0.2) is 0 Å². The molecule has 66 valence electrons. The number of rotatable bonds is 3. The van der Waals surface area contributed by atoms with Gasteiger partial charge in [0, 0.05) is 6.61 Å². The second-order valence-electron chi connectivity index (χ2n) is 3.38. The molecule has 0 amide bonds. The molecular formula is C9H19NO. The van der Waals surface area contributed by atoms with Crippen molar-refractivity contribution in [3.63, 3.8) is 0 Å². The minimum atomic E-state index is 0.461. The molecule has 0 aromatic carbocycles. The zero-order valence-corrected chi connectivity index (χ0v) is 7.38. The van der Waals surface area contributed by atoms with E-state index in [0.717, 1.165) is 25.5 Å². The van der Waals surface area contributed by atoms with Crippen molar-refractivity contribution < 1.29 is 4.74 Å². The van der Waals surface area contributed by atoms with Crippen LogP contribution in [0.4, 0.5) is 0 Å². The smallest absolute Gasteiger partial charge is 0.0587 e. The molecule has 2 N–H and O–H groups in total. The van der Waals surface area contributed by atoms with Crippen molar-refractivity contribution in [3.8, 4) is 0 Å². The SMILES string of the molecule is CCC1CCC(CCN)OC1. The summed E-state index contributed by atoms with van der Waals surface area (Å²) in [6.45, 7) is 3.96. The van der Waals surface area contributed by atoms with Crippen molar-refractivity contribution in [2.45, 2.75) is 38.7 Å². The molecule has 2 nitrogen and oxygen atoms in total. The first kappa shape index (κ1) is 9.01. The molecule has 1 rings (SSSR count). The lowest BCUT2D eigenvalue weighted by atomic mass is 9.95. The molecule has 1 saturated heterocycles. The first-order chi connectivity index (χ1) is 5.36. The van der Waals surface area contributed by atoms with Crippen LogP contribution in [0.3, 0.4) is 0 Å². The summed E-state index contributed by atoms with van der Waals surface area (Å²) < 4.78 is 5.64. The van der Waals surface area contributed by atoms with Gasteiger partial charge in [-0.3, -0.25) is 0 Å². The van der Waals surface area contributed by atoms with Gasteiger partial charge in [-0.2, -0.15) is 0 Å². The highest BCUT2D eigenvalue weighted by Crippen LogP contribution is 2.22. The van der Waals surface area contributed by atoms with Gasteiger partial charge >= 0.3 is 0 Å². The molecule has 2 unspecified atom stereocenters. The van der Waals surface area contributed by atoms with E-state index in [1.165, 1.54) is 19.3 Å². The predicted molar refractivity (Wildman–Crippen MR) is 46.4 cm³/mol. The van der Waals surface area contributed by atoms with Crippen LogP contribution < -0.4 is 5.73 Å². The Morgan fingerprint density at radius 1 is 1.45 bits per heavy atom. The Bertz CT molecular complexity index is 97.7. The zero-order chi connectivity index (χ0) is 8.10. The van der Waals surface area contributed by atoms with Crippen LogP contribution in [-0.2, 0) is 4.74 Å². The minimum absolute atomic E-state index is 0.461. The van der Waals surface area contributed by atoms with Gasteiger partial charge in [0.05, 0.1) is 6.10 Å². The van der Waals surface area contributed by atoms with Gasteiger partial charge in [0.25, 0.3) is 0 Å². The molecule has 1 heterocycles. The lowest BCUT2D eigenvalue weighted by Crippen LogP contribution is -2.27. The molecular weight excluding hydrogens is 138 g/mol. The fraction of sp³-hybridized carbons (Fsp3) is 1.00. The molecule has 11 heavy (non-hydrogen) atoms. The Kier molecular flexibility index (Phi) is 3.87. The molecule has 1 aliphatic rings. The van der Waals surface area contributed by atoms with E-state index < -0.39 is 0 Å². The fourth-order valence-corrected chi connectivity index (χ4v) is 1.60. The summed E-state index contributed by atoms with van der Waals surface area (Å²) in [4.78, 5) is 0. The van der Waals surface area contributed by atoms with Gasteiger partial charge in [0.15, 0.2) is 0 Å². The van der Waals surface area contributed by atoms with E-state index in [2.05, 4.69) is 6.92 Å². The van der Waals surface area contributed by atoms with Crippen molar-refractivity contribution in [2.75, 3.05) is 13.2 Å². The Balaban J connectivity index is 2.14. The fourth-order valence-electron chi connectivity index (χ4n) is 1.60. The highest BCUT2D eigenvalue weighted by molar-refractivity contribution is 4.69. The second kappa shape index (κ2) is 4.73. The Labute approximate surface area is 69.1 Å². The highest BCUT2D eigenvalue weighted by Gasteiger charge is 2.19. The van der Waals surface area contributed by atoms with Gasteiger partial charge < -0.3 is 10.5 Å². The maximum Gasteiger partial charge on any atom is 0.0587 e. The van der Waals surface area contributed by atoms with Crippen LogP contribution in [0.1, 0.15) is 32.6 Å². The van der Waals surface area contributed by atoms with Crippen molar-refractivity contribution >= 4 is 0 Å². The summed E-state index contributed by atoms with van der Waals surface area (Å²) >= 11 is 0. The van der Waals surface area contributed by atoms with E-state index >= 15 is 0 Å². The molecule has 0 aliphatic carbocycles. The van der Waals surface area contributed by atoms with Crippen molar-refractivity contribution in [1.82, 2.24) is 0 Å². The van der Waals surface area contributed by atoms with Gasteiger partial charge in [0.1, 0.15) is 0 Å². The zero-order valence-electron chi connectivity index (χ0n) is 7.38. The Morgan fingerprint density at radius 3 is 2.73 bits per heavy atom. The van der Waals surface area contributed by atoms with E-state index in [1.807, 2.05) is 0 Å². The molecule has 1 aliphatic heterocycles. The van der Waals surface area contributed by atoms with E-state index in [0.29, 0.717) is 6.10 Å². The number of hydrogen-bond acceptors (Lipinski definition) is 2. The summed E-state index contributed by atoms with van der Waals surface area (Å²) in [7, 11) is 0. The molecule has 2 atom stereocenters. The van der Waals surface area contributed by atoms with Crippen molar-refractivity contribution in [2.24, 2.45) is 11.7 Å². The largest absolute Gasteiger partial charge is 0.378 e. The van der Waals surface area contributed by atoms with Gasteiger partial charge in [0.2, 0.25) is 0 Å². The first-order valence-electron chi connectivity index (χ1n) is 4.68. The molecule has 1 fully saturated rings. The number of hydrogen-bond donors (Lipinski definition) is 1. The first-order valence-corrected chi connectivity index (χ1v) is 4.68. The summed E-state index contributed by atoms with van der Waals surface area (Å²) in [5.41, 5.74) is 5.45. The third-order valence-corrected chi connectivity index (χ3v) is 2.53. The van der Waals surface area contributed by atoms with E-state index in [-0.39, 0.29) is 0 Å². The molecule has 0 aromatic rings. The standard InChI is InChI=1S/C9H19NO/c1-2-8-3-4-9(5-6-10)11-7-8/h8-9H,2-7,10H2,1H3. The minimum Gasteiger partial charge on any atom is -0.378 e. The van der Waals surface area contributed by atoms with Crippen LogP contribution >= 0.6 is 0 Å². The average Bonchev–Trinajstić information content (AvgIpc) is 2.07. The summed E-state index contributed by atoms with van der Waals surface area (Å²) in [5.74, 6) is 0.809. The van der Waals surface area contributed by atoms with Crippen LogP contribution in [0.5, 0.6) is 0 Å². The molecule has 0 bridgehead atoms. The molecule has 2 heteroatoms. The van der Waals surface area contributed by atoms with Gasteiger partial charge in [-0.1, -0.05) is 13.3 Å². The molecule has 0 aromatic heterocycles. The summed E-state index contributed by atoms with van der Waals surface area (Å²) in [6, 6.07) is 0. The van der Waals surface area contributed by atoms with Crippen LogP contribution in [0.2, 0.25) is 0 Å². The number of nitrogens with two attached hydrogens (primary N) is 1. The Hall–Kier alpha value is -0.0800. The normalized spacial score (nSPS) is 32.2. The topological polar surface area (TPSA) is 35.2 Å². The average molecular weight is 157 g/mol. The van der Waals surface area contributed by atoms with E-state index in [9.17, 15) is 0 Å². The monoisotopic (exact) mass is 157 g/mol. The van der Waals surface area contributed by atoms with Crippen LogP contribution in [0.25, 0.3) is 0 Å². The predicted octanol–water partition coefficient (Wildman–Crippen LogP) is 1.54. The maximum absolute atomic E-state index is 5.64. The lowest BCUT2D eigenvalue weighted by Gasteiger charge is -2.27. The molecule has 0 saturated carbocycles. The third kappa shape index (κ3) is 2.80. The Morgan fingerprint density at radius 2 is 2.27 bits per heavy atom. The number of ether oxygens (including phenoxy) is 1. The van der Waals surface area contributed by atoms with E-state index in [4.69, 9.17) is 10.5 Å². The lowest BCUT2D eigenvalue weighted by molar-refractivity contribution is -0.0191. The quantitative estimate of drug-likeness (QED) is 0.674. The molecule has 0 spiro atoms. The van der Waals surface area contributed by atoms with Crippen molar-refractivity contribution in [1.29, 1.82) is 0 Å². The highest BCUT2D eigenvalue weighted by atomic mass is 16.5. The van der Waals surface area contributed by atoms with Crippen molar-refractivity contribution in [3.05, 3.63) is 0 Å². The van der Waals surface area contributed by atoms with Gasteiger partial charge in [-0.15, -0.1) is 0 Å². The second-order valence-corrected chi connectivity index (χ2v) is 3.38. The summed E-state index contributed by atoms with van der Waals surface area (Å²) in [5, 5.41) is 0. The van der Waals surface area contributed by atoms with Crippen LogP contribution in [0, 0.1) is 5.92 Å². The third-order valence-electron chi connectivity index (χ3n) is 2.53. The molecule has 0 radical (unpaired) electrons. The van der Waals surface area contributed by atoms with Crippen LogP contribution in [-0.4, -0.2) is 19.3 Å². The van der Waals surface area contributed by atoms with Gasteiger partial charge in [-0.05, 0) is 31.7 Å². The van der Waals surface area contributed by atoms with E-state index in [1.54, 1.807) is 0 Å².